The Balaban J connectivity index is 2.52. The van der Waals surface area contributed by atoms with E-state index in [0.29, 0.717) is 15.1 Å². The highest BCUT2D eigenvalue weighted by molar-refractivity contribution is 6.50. The Kier molecular flexibility index (Phi) is 2.67. The van der Waals surface area contributed by atoms with Gasteiger partial charge in [-0.1, -0.05) is 59.1 Å². The van der Waals surface area contributed by atoms with Gasteiger partial charge in [0.1, 0.15) is 0 Å². The van der Waals surface area contributed by atoms with E-state index in [1.165, 1.54) is 0 Å². The second-order valence-corrected chi connectivity index (χ2v) is 4.95. The third kappa shape index (κ3) is 1.77. The van der Waals surface area contributed by atoms with Crippen LogP contribution in [0.25, 0.3) is 21.5 Å². The Morgan fingerprint density at radius 2 is 1.47 bits per heavy atom. The van der Waals surface area contributed by atoms with E-state index >= 15 is 0 Å². The molecule has 0 bridgehead atoms. The zero-order valence-corrected chi connectivity index (χ0v) is 10.9. The predicted molar refractivity (Wildman–Crippen MR) is 75.3 cm³/mol. The van der Waals surface area contributed by atoms with Gasteiger partial charge in [0, 0.05) is 11.5 Å². The smallest absolute Gasteiger partial charge is 0.0791 e. The van der Waals surface area contributed by atoms with Crippen LogP contribution in [-0.4, -0.2) is 0 Å². The summed E-state index contributed by atoms with van der Waals surface area (Å²) in [6.45, 7) is 0. The summed E-state index contributed by atoms with van der Waals surface area (Å²) in [7, 11) is 0. The van der Waals surface area contributed by atoms with Gasteiger partial charge in [0.05, 0.1) is 15.1 Å². The van der Waals surface area contributed by atoms with E-state index in [1.807, 2.05) is 36.4 Å². The summed E-state index contributed by atoms with van der Waals surface area (Å²) in [6.07, 6.45) is 0. The number of halogens is 3. The Bertz CT molecular complexity index is 732. The molecular formula is C14H6Cl3. The van der Waals surface area contributed by atoms with Crippen molar-refractivity contribution in [1.29, 1.82) is 0 Å². The lowest BCUT2D eigenvalue weighted by Crippen LogP contribution is -1.80. The molecule has 0 nitrogen and oxygen atoms in total. The van der Waals surface area contributed by atoms with E-state index in [2.05, 4.69) is 6.07 Å². The first kappa shape index (κ1) is 11.2. The average molecular weight is 281 g/mol. The van der Waals surface area contributed by atoms with Crippen LogP contribution in [0, 0.1) is 6.07 Å². The minimum Gasteiger partial charge on any atom is -0.0820 e. The largest absolute Gasteiger partial charge is 0.0820 e. The van der Waals surface area contributed by atoms with Crippen molar-refractivity contribution < 1.29 is 0 Å². The molecule has 17 heavy (non-hydrogen) atoms. The fourth-order valence-corrected chi connectivity index (χ4v) is 2.56. The van der Waals surface area contributed by atoms with E-state index in [1.54, 1.807) is 0 Å². The number of benzene rings is 3. The van der Waals surface area contributed by atoms with Crippen molar-refractivity contribution in [1.82, 2.24) is 0 Å². The van der Waals surface area contributed by atoms with E-state index in [0.717, 1.165) is 21.5 Å². The molecule has 0 amide bonds. The van der Waals surface area contributed by atoms with Crippen molar-refractivity contribution >= 4 is 56.3 Å². The molecule has 0 N–H and O–H groups in total. The molecule has 83 valence electrons. The lowest BCUT2D eigenvalue weighted by Gasteiger charge is -2.06. The SMILES string of the molecule is Clc1[c]c2cc3ccccc3cc2c(Cl)c1Cl. The molecule has 0 aromatic heterocycles. The maximum absolute atomic E-state index is 6.20. The minimum atomic E-state index is 0.358. The highest BCUT2D eigenvalue weighted by Crippen LogP contribution is 2.37. The fourth-order valence-electron chi connectivity index (χ4n) is 1.91. The van der Waals surface area contributed by atoms with E-state index in [-0.39, 0.29) is 0 Å². The van der Waals surface area contributed by atoms with Gasteiger partial charge in [0.2, 0.25) is 0 Å². The van der Waals surface area contributed by atoms with Gasteiger partial charge in [0.25, 0.3) is 0 Å². The molecular weight excluding hydrogens is 275 g/mol. The normalized spacial score (nSPS) is 11.2. The van der Waals surface area contributed by atoms with E-state index in [9.17, 15) is 0 Å². The van der Waals surface area contributed by atoms with Crippen LogP contribution >= 0.6 is 34.8 Å². The first-order valence-electron chi connectivity index (χ1n) is 5.05. The van der Waals surface area contributed by atoms with Gasteiger partial charge in [-0.3, -0.25) is 0 Å². The zero-order chi connectivity index (χ0) is 12.0. The molecule has 3 heteroatoms. The molecule has 0 aliphatic carbocycles. The van der Waals surface area contributed by atoms with Crippen molar-refractivity contribution in [2.75, 3.05) is 0 Å². The van der Waals surface area contributed by atoms with Crippen LogP contribution in [0.15, 0.2) is 36.4 Å². The van der Waals surface area contributed by atoms with E-state index < -0.39 is 0 Å². The number of hydrogen-bond donors (Lipinski definition) is 0. The maximum atomic E-state index is 6.20. The van der Waals surface area contributed by atoms with Gasteiger partial charge >= 0.3 is 0 Å². The zero-order valence-electron chi connectivity index (χ0n) is 8.60. The highest BCUT2D eigenvalue weighted by Gasteiger charge is 2.10. The molecule has 0 atom stereocenters. The second-order valence-electron chi connectivity index (χ2n) is 3.81. The lowest BCUT2D eigenvalue weighted by atomic mass is 10.0. The van der Waals surface area contributed by atoms with Crippen molar-refractivity contribution in [2.45, 2.75) is 0 Å². The summed E-state index contributed by atoms with van der Waals surface area (Å²) in [6, 6.07) is 15.1. The van der Waals surface area contributed by atoms with Crippen LogP contribution in [-0.2, 0) is 0 Å². The molecule has 3 rings (SSSR count). The van der Waals surface area contributed by atoms with Gasteiger partial charge in [0.15, 0.2) is 0 Å². The third-order valence-electron chi connectivity index (χ3n) is 2.75. The Hall–Kier alpha value is -0.950. The van der Waals surface area contributed by atoms with Crippen LogP contribution < -0.4 is 0 Å². The molecule has 0 spiro atoms. The van der Waals surface area contributed by atoms with Crippen LogP contribution in [0.4, 0.5) is 0 Å². The molecule has 3 aromatic carbocycles. The molecule has 0 saturated heterocycles. The molecule has 0 saturated carbocycles. The maximum Gasteiger partial charge on any atom is 0.0791 e. The summed E-state index contributed by atoms with van der Waals surface area (Å²) in [4.78, 5) is 0. The Morgan fingerprint density at radius 1 is 0.824 bits per heavy atom. The monoisotopic (exact) mass is 279 g/mol. The standard InChI is InChI=1S/C14H6Cl3/c15-12-7-10-5-8-3-1-2-4-9(8)6-11(10)13(16)14(12)17/h1-6H. The highest BCUT2D eigenvalue weighted by atomic mass is 35.5. The molecule has 0 aliphatic heterocycles. The molecule has 0 heterocycles. The second kappa shape index (κ2) is 4.06. The van der Waals surface area contributed by atoms with Crippen molar-refractivity contribution in [3.8, 4) is 0 Å². The number of hydrogen-bond acceptors (Lipinski definition) is 0. The van der Waals surface area contributed by atoms with Gasteiger partial charge in [-0.2, -0.15) is 0 Å². The molecule has 0 fully saturated rings. The quantitative estimate of drug-likeness (QED) is 0.363. The summed E-state index contributed by atoms with van der Waals surface area (Å²) in [5, 5.41) is 5.20. The number of rotatable bonds is 0. The average Bonchev–Trinajstić information content (AvgIpc) is 2.34. The fraction of sp³-hybridized carbons (Fsp3) is 0. The minimum absolute atomic E-state index is 0.358. The van der Waals surface area contributed by atoms with Crippen LogP contribution in [0.1, 0.15) is 0 Å². The summed E-state index contributed by atoms with van der Waals surface area (Å²) in [5.41, 5.74) is 0. The predicted octanol–water partition coefficient (Wildman–Crippen LogP) is 5.75. The molecule has 3 aromatic rings. The van der Waals surface area contributed by atoms with Crippen LogP contribution in [0.2, 0.25) is 15.1 Å². The third-order valence-corrected chi connectivity index (χ3v) is 4.00. The number of fused-ring (bicyclic) bond motifs is 2. The summed E-state index contributed by atoms with van der Waals surface area (Å²) >= 11 is 18.2. The van der Waals surface area contributed by atoms with Gasteiger partial charge in [-0.15, -0.1) is 0 Å². The summed E-state index contributed by atoms with van der Waals surface area (Å²) < 4.78 is 0. The van der Waals surface area contributed by atoms with E-state index in [4.69, 9.17) is 34.8 Å². The van der Waals surface area contributed by atoms with Crippen LogP contribution in [0.5, 0.6) is 0 Å². The van der Waals surface area contributed by atoms with Gasteiger partial charge in [-0.25, -0.2) is 0 Å². The van der Waals surface area contributed by atoms with Crippen molar-refractivity contribution in [2.24, 2.45) is 0 Å². The Labute approximate surface area is 114 Å². The van der Waals surface area contributed by atoms with Crippen molar-refractivity contribution in [3.05, 3.63) is 57.5 Å². The first-order valence-corrected chi connectivity index (χ1v) is 6.18. The molecule has 0 aliphatic rings. The Morgan fingerprint density at radius 3 is 2.18 bits per heavy atom. The lowest BCUT2D eigenvalue weighted by molar-refractivity contribution is 1.75. The van der Waals surface area contributed by atoms with Crippen LogP contribution in [0.3, 0.4) is 0 Å². The topological polar surface area (TPSA) is 0 Å². The summed E-state index contributed by atoms with van der Waals surface area (Å²) in [5.74, 6) is 0. The van der Waals surface area contributed by atoms with Gasteiger partial charge < -0.3 is 0 Å². The molecule has 0 unspecified atom stereocenters. The molecule has 1 radical (unpaired) electrons. The van der Waals surface area contributed by atoms with Crippen molar-refractivity contribution in [3.63, 3.8) is 0 Å². The van der Waals surface area contributed by atoms with Gasteiger partial charge in [-0.05, 0) is 28.3 Å². The first-order chi connectivity index (χ1) is 8.16.